The summed E-state index contributed by atoms with van der Waals surface area (Å²) in [6.07, 6.45) is -2.34. The maximum absolute atomic E-state index is 10.9. The van der Waals surface area contributed by atoms with Crippen molar-refractivity contribution in [1.82, 2.24) is 0 Å². The van der Waals surface area contributed by atoms with Crippen LogP contribution in [0.2, 0.25) is 0 Å². The molecule has 0 saturated carbocycles. The molecule has 0 fully saturated rings. The summed E-state index contributed by atoms with van der Waals surface area (Å²) in [4.78, 5) is 21.7. The summed E-state index contributed by atoms with van der Waals surface area (Å²) in [5.74, 6) is -0.625. The molecule has 0 radical (unpaired) electrons. The molecule has 0 amide bonds. The molecule has 5 heteroatoms. The lowest BCUT2D eigenvalue weighted by molar-refractivity contribution is -0.144. The molecule has 2 atom stereocenters. The number of esters is 1. The minimum atomic E-state index is -1.30. The fraction of sp³-hybridized carbons (Fsp3) is 0.333. The van der Waals surface area contributed by atoms with E-state index in [0.717, 1.165) is 0 Å². The zero-order chi connectivity index (χ0) is 12.8. The van der Waals surface area contributed by atoms with E-state index in [1.54, 1.807) is 12.1 Å². The largest absolute Gasteiger partial charge is 0.469 e. The maximum Gasteiger partial charge on any atom is 0.308 e. The van der Waals surface area contributed by atoms with Crippen molar-refractivity contribution in [3.8, 4) is 0 Å². The van der Waals surface area contributed by atoms with Crippen LogP contribution in [0.25, 0.3) is 0 Å². The Morgan fingerprint density at radius 3 is 2.65 bits per heavy atom. The fourth-order valence-electron chi connectivity index (χ4n) is 1.46. The lowest BCUT2D eigenvalue weighted by Crippen LogP contribution is -2.23. The van der Waals surface area contributed by atoms with Gasteiger partial charge in [0, 0.05) is 5.56 Å². The van der Waals surface area contributed by atoms with Crippen LogP contribution in [0.4, 0.5) is 0 Å². The van der Waals surface area contributed by atoms with Crippen molar-refractivity contribution in [3.05, 3.63) is 35.4 Å². The molecule has 0 bridgehead atoms. The highest BCUT2D eigenvalue weighted by atomic mass is 16.5. The molecule has 1 aromatic carbocycles. The second-order valence-corrected chi connectivity index (χ2v) is 3.54. The zero-order valence-electron chi connectivity index (χ0n) is 9.37. The summed E-state index contributed by atoms with van der Waals surface area (Å²) in [5, 5.41) is 19.5. The third-order valence-electron chi connectivity index (χ3n) is 2.41. The van der Waals surface area contributed by atoms with Crippen LogP contribution in [-0.2, 0) is 9.53 Å². The number of aldehydes is 1. The fourth-order valence-corrected chi connectivity index (χ4v) is 1.46. The summed E-state index contributed by atoms with van der Waals surface area (Å²) in [6, 6.07) is 6.33. The number of carbonyl (C=O) groups is 2. The van der Waals surface area contributed by atoms with Gasteiger partial charge in [0.05, 0.1) is 19.6 Å². The van der Waals surface area contributed by atoms with Crippen molar-refractivity contribution in [1.29, 1.82) is 0 Å². The number of ether oxygens (including phenoxy) is 1. The molecule has 0 aliphatic heterocycles. The number of aliphatic hydroxyl groups excluding tert-OH is 2. The summed E-state index contributed by atoms with van der Waals surface area (Å²) in [7, 11) is 1.20. The molecule has 0 heterocycles. The maximum atomic E-state index is 10.9. The predicted octanol–water partition coefficient (Wildman–Crippen LogP) is 0.457. The van der Waals surface area contributed by atoms with E-state index >= 15 is 0 Å². The predicted molar refractivity (Wildman–Crippen MR) is 59.4 cm³/mol. The molecule has 0 aliphatic rings. The van der Waals surface area contributed by atoms with Crippen LogP contribution in [0.15, 0.2) is 24.3 Å². The molecule has 0 aromatic heterocycles. The van der Waals surface area contributed by atoms with Gasteiger partial charge in [0.2, 0.25) is 0 Å². The molecule has 0 saturated heterocycles. The molecule has 5 nitrogen and oxygen atoms in total. The Morgan fingerprint density at radius 2 is 2.06 bits per heavy atom. The average molecular weight is 238 g/mol. The highest BCUT2D eigenvalue weighted by molar-refractivity contribution is 5.77. The van der Waals surface area contributed by atoms with E-state index in [1.807, 2.05) is 0 Å². The highest BCUT2D eigenvalue weighted by Gasteiger charge is 2.23. The van der Waals surface area contributed by atoms with Crippen LogP contribution in [0, 0.1) is 0 Å². The van der Waals surface area contributed by atoms with Crippen LogP contribution in [-0.4, -0.2) is 35.7 Å². The van der Waals surface area contributed by atoms with E-state index < -0.39 is 18.2 Å². The second kappa shape index (κ2) is 6.12. The SMILES string of the molecule is COC(=O)CC(O)C(O)c1ccccc1C=O. The Morgan fingerprint density at radius 1 is 1.41 bits per heavy atom. The lowest BCUT2D eigenvalue weighted by atomic mass is 9.98. The van der Waals surface area contributed by atoms with E-state index in [4.69, 9.17) is 0 Å². The van der Waals surface area contributed by atoms with Crippen LogP contribution < -0.4 is 0 Å². The molecule has 92 valence electrons. The second-order valence-electron chi connectivity index (χ2n) is 3.54. The number of hydrogen-bond acceptors (Lipinski definition) is 5. The van der Waals surface area contributed by atoms with Gasteiger partial charge in [0.25, 0.3) is 0 Å². The summed E-state index contributed by atoms with van der Waals surface area (Å²) in [6.45, 7) is 0. The quantitative estimate of drug-likeness (QED) is 0.575. The van der Waals surface area contributed by atoms with Gasteiger partial charge in [-0.25, -0.2) is 0 Å². The Bertz CT molecular complexity index is 402. The number of benzene rings is 1. The third-order valence-corrected chi connectivity index (χ3v) is 2.41. The van der Waals surface area contributed by atoms with E-state index in [2.05, 4.69) is 4.74 Å². The van der Waals surface area contributed by atoms with Crippen molar-refractivity contribution in [2.24, 2.45) is 0 Å². The zero-order valence-corrected chi connectivity index (χ0v) is 9.37. The van der Waals surface area contributed by atoms with Gasteiger partial charge in [0.15, 0.2) is 0 Å². The van der Waals surface area contributed by atoms with E-state index in [1.165, 1.54) is 19.2 Å². The molecule has 1 rings (SSSR count). The first-order valence-corrected chi connectivity index (χ1v) is 5.07. The van der Waals surface area contributed by atoms with Crippen molar-refractivity contribution >= 4 is 12.3 Å². The van der Waals surface area contributed by atoms with Gasteiger partial charge in [-0.15, -0.1) is 0 Å². The van der Waals surface area contributed by atoms with E-state index in [0.29, 0.717) is 11.8 Å². The Labute approximate surface area is 98.6 Å². The van der Waals surface area contributed by atoms with Crippen molar-refractivity contribution in [2.75, 3.05) is 7.11 Å². The smallest absolute Gasteiger partial charge is 0.308 e. The third kappa shape index (κ3) is 3.37. The molecular formula is C12H14O5. The van der Waals surface area contributed by atoms with Crippen molar-refractivity contribution in [3.63, 3.8) is 0 Å². The first-order valence-electron chi connectivity index (χ1n) is 5.07. The van der Waals surface area contributed by atoms with E-state index in [-0.39, 0.29) is 12.0 Å². The molecule has 2 unspecified atom stereocenters. The number of carbonyl (C=O) groups excluding carboxylic acids is 2. The molecule has 2 N–H and O–H groups in total. The van der Waals surface area contributed by atoms with Crippen molar-refractivity contribution < 1.29 is 24.5 Å². The van der Waals surface area contributed by atoms with Crippen molar-refractivity contribution in [2.45, 2.75) is 18.6 Å². The topological polar surface area (TPSA) is 83.8 Å². The summed E-state index contributed by atoms with van der Waals surface area (Å²) in [5.41, 5.74) is 0.572. The van der Waals surface area contributed by atoms with E-state index in [9.17, 15) is 19.8 Å². The van der Waals surface area contributed by atoms with Crippen LogP contribution in [0.3, 0.4) is 0 Å². The molecule has 1 aromatic rings. The molecule has 0 spiro atoms. The van der Waals surface area contributed by atoms with Gasteiger partial charge in [-0.1, -0.05) is 24.3 Å². The lowest BCUT2D eigenvalue weighted by Gasteiger charge is -2.18. The number of methoxy groups -OCH3 is 1. The number of aliphatic hydroxyl groups is 2. The van der Waals surface area contributed by atoms with Gasteiger partial charge in [-0.3, -0.25) is 9.59 Å². The minimum Gasteiger partial charge on any atom is -0.469 e. The summed E-state index contributed by atoms with van der Waals surface area (Å²) >= 11 is 0. The van der Waals surface area contributed by atoms with Crippen LogP contribution in [0.5, 0.6) is 0 Å². The first kappa shape index (κ1) is 13.3. The van der Waals surface area contributed by atoms with Crippen LogP contribution in [0.1, 0.15) is 28.4 Å². The van der Waals surface area contributed by atoms with Gasteiger partial charge in [-0.05, 0) is 5.56 Å². The Balaban J connectivity index is 2.84. The van der Waals surface area contributed by atoms with Gasteiger partial charge < -0.3 is 14.9 Å². The normalized spacial score (nSPS) is 13.8. The number of hydrogen-bond donors (Lipinski definition) is 2. The monoisotopic (exact) mass is 238 g/mol. The Kier molecular flexibility index (Phi) is 4.81. The molecule has 0 aliphatic carbocycles. The van der Waals surface area contributed by atoms with Gasteiger partial charge in [-0.2, -0.15) is 0 Å². The minimum absolute atomic E-state index is 0.281. The van der Waals surface area contributed by atoms with Gasteiger partial charge >= 0.3 is 5.97 Å². The number of rotatable bonds is 5. The average Bonchev–Trinajstić information content (AvgIpc) is 2.37. The van der Waals surface area contributed by atoms with Gasteiger partial charge in [0.1, 0.15) is 12.4 Å². The first-order chi connectivity index (χ1) is 8.10. The van der Waals surface area contributed by atoms with Crippen LogP contribution >= 0.6 is 0 Å². The molecular weight excluding hydrogens is 224 g/mol. The standard InChI is InChI=1S/C12H14O5/c1-17-11(15)6-10(14)12(16)9-5-3-2-4-8(9)7-13/h2-5,7,10,12,14,16H,6H2,1H3. The highest BCUT2D eigenvalue weighted by Crippen LogP contribution is 2.21. The Hall–Kier alpha value is -1.72. The molecule has 17 heavy (non-hydrogen) atoms. The summed E-state index contributed by atoms with van der Waals surface area (Å²) < 4.78 is 4.38.